The average Bonchev–Trinajstić information content (AvgIpc) is 2.96. The van der Waals surface area contributed by atoms with Gasteiger partial charge in [0.15, 0.2) is 11.5 Å². The first-order valence-electron chi connectivity index (χ1n) is 13.8. The Morgan fingerprint density at radius 1 is 0.925 bits per heavy atom. The number of nitrogens with zero attached hydrogens (tertiary/aromatic N) is 2. The van der Waals surface area contributed by atoms with Gasteiger partial charge in [-0.15, -0.1) is 0 Å². The molecule has 2 heterocycles. The van der Waals surface area contributed by atoms with Crippen LogP contribution in [0.1, 0.15) is 54.7 Å². The Hall–Kier alpha value is -4.20. The normalized spacial score (nSPS) is 19.9. The van der Waals surface area contributed by atoms with Crippen LogP contribution >= 0.6 is 0 Å². The number of fused-ring (bicyclic) bond motifs is 2. The van der Waals surface area contributed by atoms with Crippen LogP contribution in [-0.2, 0) is 11.2 Å². The summed E-state index contributed by atoms with van der Waals surface area (Å²) in [6.45, 7) is 6.56. The van der Waals surface area contributed by atoms with E-state index in [1.807, 2.05) is 51.1 Å². The lowest BCUT2D eigenvalue weighted by Gasteiger charge is -2.49. The fourth-order valence-corrected chi connectivity index (χ4v) is 5.92. The molecule has 5 rings (SSSR count). The molecule has 2 aliphatic heterocycles. The van der Waals surface area contributed by atoms with Crippen molar-refractivity contribution in [1.82, 2.24) is 5.32 Å². The molecule has 0 radical (unpaired) electrons. The van der Waals surface area contributed by atoms with E-state index in [1.54, 1.807) is 37.3 Å². The third kappa shape index (κ3) is 5.06. The molecule has 3 atom stereocenters. The molecule has 0 aliphatic carbocycles. The molecule has 1 N–H and O–H groups in total. The second kappa shape index (κ2) is 11.5. The molecule has 0 spiro atoms. The number of rotatable bonds is 6. The van der Waals surface area contributed by atoms with Crippen molar-refractivity contribution in [2.45, 2.75) is 57.8 Å². The van der Waals surface area contributed by atoms with Crippen molar-refractivity contribution in [1.29, 1.82) is 0 Å². The van der Waals surface area contributed by atoms with E-state index in [4.69, 9.17) is 14.2 Å². The molecule has 3 aromatic rings. The van der Waals surface area contributed by atoms with Crippen molar-refractivity contribution < 1.29 is 23.8 Å². The second-order valence-corrected chi connectivity index (χ2v) is 10.6. The fourth-order valence-electron chi connectivity index (χ4n) is 5.92. The summed E-state index contributed by atoms with van der Waals surface area (Å²) in [6.07, 6.45) is 0.854. The molecule has 3 aromatic carbocycles. The van der Waals surface area contributed by atoms with Gasteiger partial charge in [-0.25, -0.2) is 4.79 Å². The number of alkyl carbamates (subject to hydrolysis) is 1. The summed E-state index contributed by atoms with van der Waals surface area (Å²) in [5.74, 6) is 0.802. The Morgan fingerprint density at radius 2 is 1.62 bits per heavy atom. The van der Waals surface area contributed by atoms with Gasteiger partial charge in [-0.3, -0.25) is 4.79 Å². The maximum Gasteiger partial charge on any atom is 0.407 e. The third-order valence-electron chi connectivity index (χ3n) is 7.69. The standard InChI is InChI=1S/C32H37N3O5/c1-20(2)33-32(37)40-30-21(3)35(31(36)23-16-17-27(38-4)28(19-23)39-5)26-15-9-7-13-24(26)29(30)34-18-10-12-22-11-6-8-14-25(22)34/h6-9,11,13-17,19-21,29-30H,10,12,18H2,1-5H3,(H,33,37). The predicted octanol–water partition coefficient (Wildman–Crippen LogP) is 5.75. The van der Waals surface area contributed by atoms with Crippen LogP contribution in [0.3, 0.4) is 0 Å². The minimum Gasteiger partial charge on any atom is -0.493 e. The molecular formula is C32H37N3O5. The molecule has 0 saturated carbocycles. The highest BCUT2D eigenvalue weighted by molar-refractivity contribution is 6.08. The van der Waals surface area contributed by atoms with Gasteiger partial charge >= 0.3 is 6.09 Å². The van der Waals surface area contributed by atoms with Gasteiger partial charge in [-0.1, -0.05) is 36.4 Å². The van der Waals surface area contributed by atoms with E-state index in [2.05, 4.69) is 28.4 Å². The Balaban J connectivity index is 1.63. The molecule has 8 nitrogen and oxygen atoms in total. The first-order chi connectivity index (χ1) is 19.3. The Morgan fingerprint density at radius 3 is 2.35 bits per heavy atom. The van der Waals surface area contributed by atoms with Crippen molar-refractivity contribution in [3.05, 3.63) is 83.4 Å². The molecule has 2 aliphatic rings. The van der Waals surface area contributed by atoms with E-state index in [0.717, 1.165) is 36.3 Å². The summed E-state index contributed by atoms with van der Waals surface area (Å²) >= 11 is 0. The Bertz CT molecular complexity index is 1390. The molecule has 0 bridgehead atoms. The molecule has 0 aromatic heterocycles. The number of nitrogens with one attached hydrogen (secondary N) is 1. The number of carbonyl (C=O) groups is 2. The number of ether oxygens (including phenoxy) is 3. The number of benzene rings is 3. The summed E-state index contributed by atoms with van der Waals surface area (Å²) in [4.78, 5) is 31.4. The van der Waals surface area contributed by atoms with Gasteiger partial charge in [0, 0.05) is 35.1 Å². The van der Waals surface area contributed by atoms with Gasteiger partial charge in [0.1, 0.15) is 6.10 Å². The Kier molecular flexibility index (Phi) is 7.87. The largest absolute Gasteiger partial charge is 0.493 e. The van der Waals surface area contributed by atoms with E-state index in [-0.39, 0.29) is 18.0 Å². The van der Waals surface area contributed by atoms with E-state index in [9.17, 15) is 9.59 Å². The average molecular weight is 544 g/mol. The third-order valence-corrected chi connectivity index (χ3v) is 7.69. The summed E-state index contributed by atoms with van der Waals surface area (Å²) in [6, 6.07) is 20.6. The van der Waals surface area contributed by atoms with Gasteiger partial charge in [0.05, 0.1) is 26.3 Å². The topological polar surface area (TPSA) is 80.3 Å². The fraction of sp³-hybridized carbons (Fsp3) is 0.375. The van der Waals surface area contributed by atoms with E-state index in [1.165, 1.54) is 5.56 Å². The van der Waals surface area contributed by atoms with Crippen LogP contribution in [0.2, 0.25) is 0 Å². The lowest BCUT2D eigenvalue weighted by molar-refractivity contribution is 0.0563. The first-order valence-corrected chi connectivity index (χ1v) is 13.8. The molecule has 40 heavy (non-hydrogen) atoms. The SMILES string of the molecule is COc1ccc(C(=O)N2c3ccccc3C(N3CCCc4ccccc43)C(OC(=O)NC(C)C)C2C)cc1OC. The lowest BCUT2D eigenvalue weighted by atomic mass is 9.85. The molecule has 2 amide bonds. The van der Waals surface area contributed by atoms with Crippen LogP contribution in [0, 0.1) is 0 Å². The smallest absolute Gasteiger partial charge is 0.407 e. The second-order valence-electron chi connectivity index (χ2n) is 10.6. The van der Waals surface area contributed by atoms with Crippen LogP contribution in [0.15, 0.2) is 66.7 Å². The number of para-hydroxylation sites is 2. The highest BCUT2D eigenvalue weighted by Gasteiger charge is 2.47. The lowest BCUT2D eigenvalue weighted by Crippen LogP contribution is -2.58. The van der Waals surface area contributed by atoms with E-state index in [0.29, 0.717) is 17.1 Å². The number of anilines is 2. The highest BCUT2D eigenvalue weighted by Crippen LogP contribution is 2.46. The summed E-state index contributed by atoms with van der Waals surface area (Å²) in [7, 11) is 3.11. The summed E-state index contributed by atoms with van der Waals surface area (Å²) in [5, 5.41) is 2.87. The maximum atomic E-state index is 14.2. The van der Waals surface area contributed by atoms with Gasteiger partial charge in [0.25, 0.3) is 5.91 Å². The van der Waals surface area contributed by atoms with Gasteiger partial charge in [-0.05, 0) is 69.5 Å². The zero-order chi connectivity index (χ0) is 28.4. The zero-order valence-electron chi connectivity index (χ0n) is 23.7. The molecule has 0 saturated heterocycles. The maximum absolute atomic E-state index is 14.2. The zero-order valence-corrected chi connectivity index (χ0v) is 23.7. The predicted molar refractivity (Wildman–Crippen MR) is 156 cm³/mol. The van der Waals surface area contributed by atoms with E-state index >= 15 is 0 Å². The quantitative estimate of drug-likeness (QED) is 0.427. The van der Waals surface area contributed by atoms with Gasteiger partial charge < -0.3 is 29.3 Å². The number of carbonyl (C=O) groups excluding carboxylic acids is 2. The van der Waals surface area contributed by atoms with Crippen LogP contribution in [0.5, 0.6) is 11.5 Å². The van der Waals surface area contributed by atoms with Crippen LogP contribution < -0.4 is 24.6 Å². The number of hydrogen-bond acceptors (Lipinski definition) is 6. The number of methoxy groups -OCH3 is 2. The van der Waals surface area contributed by atoms with Gasteiger partial charge in [0.2, 0.25) is 0 Å². The highest BCUT2D eigenvalue weighted by atomic mass is 16.6. The van der Waals surface area contributed by atoms with Crippen LogP contribution in [0.4, 0.5) is 16.2 Å². The molecule has 8 heteroatoms. The summed E-state index contributed by atoms with van der Waals surface area (Å²) in [5.41, 5.74) is 4.60. The van der Waals surface area contributed by atoms with Crippen molar-refractivity contribution in [3.63, 3.8) is 0 Å². The van der Waals surface area contributed by atoms with Crippen molar-refractivity contribution in [2.24, 2.45) is 0 Å². The molecule has 210 valence electrons. The number of aryl methyl sites for hydroxylation is 1. The van der Waals surface area contributed by atoms with Gasteiger partial charge in [-0.2, -0.15) is 0 Å². The summed E-state index contributed by atoms with van der Waals surface area (Å²) < 4.78 is 17.1. The first kappa shape index (κ1) is 27.4. The minimum atomic E-state index is -0.635. The van der Waals surface area contributed by atoms with Crippen LogP contribution in [-0.4, -0.2) is 51.0 Å². The molecule has 0 fully saturated rings. The molecular weight excluding hydrogens is 506 g/mol. The Labute approximate surface area is 235 Å². The van der Waals surface area contributed by atoms with Crippen LogP contribution in [0.25, 0.3) is 0 Å². The van der Waals surface area contributed by atoms with Crippen molar-refractivity contribution in [2.75, 3.05) is 30.6 Å². The van der Waals surface area contributed by atoms with Crippen molar-refractivity contribution in [3.8, 4) is 11.5 Å². The molecule has 3 unspecified atom stereocenters. The van der Waals surface area contributed by atoms with E-state index < -0.39 is 18.2 Å². The van der Waals surface area contributed by atoms with Crippen molar-refractivity contribution >= 4 is 23.4 Å². The number of amides is 2. The monoisotopic (exact) mass is 543 g/mol. The minimum absolute atomic E-state index is 0.0858. The number of hydrogen-bond donors (Lipinski definition) is 1.